The molecule has 0 aliphatic rings. The van der Waals surface area contributed by atoms with Gasteiger partial charge in [-0.3, -0.25) is 9.59 Å². The molecule has 0 fully saturated rings. The Bertz CT molecular complexity index is 958. The lowest BCUT2D eigenvalue weighted by atomic mass is 10.1. The minimum absolute atomic E-state index is 0.272. The van der Waals surface area contributed by atoms with Crippen molar-refractivity contribution in [1.82, 2.24) is 0 Å². The van der Waals surface area contributed by atoms with Crippen LogP contribution < -0.4 is 15.4 Å². The van der Waals surface area contributed by atoms with Crippen molar-refractivity contribution in [3.8, 4) is 5.75 Å². The van der Waals surface area contributed by atoms with E-state index in [1.807, 2.05) is 24.4 Å². The van der Waals surface area contributed by atoms with Crippen LogP contribution >= 0.6 is 22.9 Å². The molecule has 0 saturated carbocycles. The zero-order chi connectivity index (χ0) is 19.2. The summed E-state index contributed by atoms with van der Waals surface area (Å²) in [5.74, 6) is -0.00914. The highest BCUT2D eigenvalue weighted by molar-refractivity contribution is 7.12. The Hall–Kier alpha value is -2.83. The molecule has 138 valence electrons. The molecule has 0 spiro atoms. The molecule has 2 aromatic carbocycles. The van der Waals surface area contributed by atoms with E-state index < -0.39 is 0 Å². The molecule has 0 aliphatic heterocycles. The van der Waals surface area contributed by atoms with Crippen LogP contribution in [0, 0.1) is 0 Å². The number of hydrogen-bond donors (Lipinski definition) is 2. The fourth-order valence-electron chi connectivity index (χ4n) is 2.40. The van der Waals surface area contributed by atoms with E-state index in [9.17, 15) is 9.59 Å². The number of ether oxygens (including phenoxy) is 1. The Morgan fingerprint density at radius 3 is 2.52 bits per heavy atom. The van der Waals surface area contributed by atoms with Crippen molar-refractivity contribution < 1.29 is 14.3 Å². The highest BCUT2D eigenvalue weighted by atomic mass is 35.5. The predicted octanol–water partition coefficient (Wildman–Crippen LogP) is 5.30. The molecule has 0 bridgehead atoms. The summed E-state index contributed by atoms with van der Waals surface area (Å²) in [5.41, 5.74) is 1.32. The SMILES string of the molecule is CCOc1ccccc1NC(=O)c1ccc(Cl)c(NC(=O)c2cccs2)c1. The van der Waals surface area contributed by atoms with E-state index in [2.05, 4.69) is 10.6 Å². The smallest absolute Gasteiger partial charge is 0.265 e. The van der Waals surface area contributed by atoms with E-state index in [1.54, 1.807) is 42.5 Å². The zero-order valence-electron chi connectivity index (χ0n) is 14.5. The third-order valence-electron chi connectivity index (χ3n) is 3.66. The van der Waals surface area contributed by atoms with E-state index in [-0.39, 0.29) is 11.8 Å². The van der Waals surface area contributed by atoms with Gasteiger partial charge in [-0.25, -0.2) is 0 Å². The third kappa shape index (κ3) is 4.67. The van der Waals surface area contributed by atoms with Crippen LogP contribution in [0.3, 0.4) is 0 Å². The molecule has 2 amide bonds. The van der Waals surface area contributed by atoms with Crippen LogP contribution in [-0.4, -0.2) is 18.4 Å². The molecule has 3 rings (SSSR count). The van der Waals surface area contributed by atoms with Crippen molar-refractivity contribution in [3.63, 3.8) is 0 Å². The zero-order valence-corrected chi connectivity index (χ0v) is 16.1. The number of halogens is 1. The first-order valence-electron chi connectivity index (χ1n) is 8.26. The van der Waals surface area contributed by atoms with Gasteiger partial charge in [-0.2, -0.15) is 0 Å². The molecule has 0 unspecified atom stereocenters. The molecule has 1 heterocycles. The standard InChI is InChI=1S/C20H17ClN2O3S/c1-2-26-17-7-4-3-6-15(17)22-19(24)13-9-10-14(21)16(12-13)23-20(25)18-8-5-11-27-18/h3-12H,2H2,1H3,(H,22,24)(H,23,25). The normalized spacial score (nSPS) is 10.3. The first-order chi connectivity index (χ1) is 13.1. The average molecular weight is 401 g/mol. The van der Waals surface area contributed by atoms with E-state index >= 15 is 0 Å². The van der Waals surface area contributed by atoms with Crippen molar-refractivity contribution in [1.29, 1.82) is 0 Å². The van der Waals surface area contributed by atoms with Crippen molar-refractivity contribution in [2.45, 2.75) is 6.92 Å². The molecule has 5 nitrogen and oxygen atoms in total. The maximum atomic E-state index is 12.6. The maximum absolute atomic E-state index is 12.6. The summed E-state index contributed by atoms with van der Waals surface area (Å²) in [6.07, 6.45) is 0. The van der Waals surface area contributed by atoms with Crippen LogP contribution in [0.25, 0.3) is 0 Å². The minimum atomic E-state index is -0.328. The fraction of sp³-hybridized carbons (Fsp3) is 0.100. The Morgan fingerprint density at radius 2 is 1.78 bits per heavy atom. The Balaban J connectivity index is 1.79. The quantitative estimate of drug-likeness (QED) is 0.589. The lowest BCUT2D eigenvalue weighted by Gasteiger charge is -2.12. The van der Waals surface area contributed by atoms with E-state index in [0.717, 1.165) is 0 Å². The van der Waals surface area contributed by atoms with Crippen LogP contribution in [0.4, 0.5) is 11.4 Å². The first kappa shape index (κ1) is 18.9. The van der Waals surface area contributed by atoms with Crippen molar-refractivity contribution in [3.05, 3.63) is 75.4 Å². The van der Waals surface area contributed by atoms with Crippen LogP contribution in [0.2, 0.25) is 5.02 Å². The Morgan fingerprint density at radius 1 is 1.00 bits per heavy atom. The van der Waals surface area contributed by atoms with Crippen molar-refractivity contribution in [2.24, 2.45) is 0 Å². The number of carbonyl (C=O) groups excluding carboxylic acids is 2. The van der Waals surface area contributed by atoms with Crippen LogP contribution in [0.5, 0.6) is 5.75 Å². The Kier molecular flexibility index (Phi) is 6.11. The molecule has 0 saturated heterocycles. The van der Waals surface area contributed by atoms with Gasteiger partial charge < -0.3 is 15.4 Å². The van der Waals surface area contributed by atoms with Crippen LogP contribution in [0.1, 0.15) is 27.0 Å². The second-order valence-corrected chi connectivity index (χ2v) is 6.86. The van der Waals surface area contributed by atoms with Crippen LogP contribution in [-0.2, 0) is 0 Å². The lowest BCUT2D eigenvalue weighted by molar-refractivity contribution is 0.101. The Labute approximate surface area is 165 Å². The number of rotatable bonds is 6. The van der Waals surface area contributed by atoms with Crippen LogP contribution in [0.15, 0.2) is 60.0 Å². The topological polar surface area (TPSA) is 67.4 Å². The second-order valence-electron chi connectivity index (χ2n) is 5.51. The highest BCUT2D eigenvalue weighted by Crippen LogP contribution is 2.27. The molecular formula is C20H17ClN2O3S. The summed E-state index contributed by atoms with van der Waals surface area (Å²) in [5, 5.41) is 7.73. The molecule has 0 atom stereocenters. The summed E-state index contributed by atoms with van der Waals surface area (Å²) in [7, 11) is 0. The number of hydrogen-bond acceptors (Lipinski definition) is 4. The molecule has 27 heavy (non-hydrogen) atoms. The maximum Gasteiger partial charge on any atom is 0.265 e. The van der Waals surface area contributed by atoms with Crippen molar-refractivity contribution in [2.75, 3.05) is 17.2 Å². The molecule has 0 aliphatic carbocycles. The predicted molar refractivity (Wildman–Crippen MR) is 109 cm³/mol. The van der Waals surface area contributed by atoms with E-state index in [1.165, 1.54) is 11.3 Å². The third-order valence-corrected chi connectivity index (χ3v) is 4.86. The highest BCUT2D eigenvalue weighted by Gasteiger charge is 2.14. The summed E-state index contributed by atoms with van der Waals surface area (Å²) in [6, 6.07) is 15.4. The fourth-order valence-corrected chi connectivity index (χ4v) is 3.18. The number of carbonyl (C=O) groups is 2. The van der Waals surface area contributed by atoms with Crippen molar-refractivity contribution >= 4 is 46.1 Å². The number of anilines is 2. The number of nitrogens with one attached hydrogen (secondary N) is 2. The second kappa shape index (κ2) is 8.70. The summed E-state index contributed by atoms with van der Waals surface area (Å²) >= 11 is 7.50. The van der Waals surface area contributed by atoms with Gasteiger partial charge in [0.25, 0.3) is 11.8 Å². The molecule has 2 N–H and O–H groups in total. The van der Waals surface area contributed by atoms with E-state index in [4.69, 9.17) is 16.3 Å². The van der Waals surface area contributed by atoms with Gasteiger partial charge in [-0.15, -0.1) is 11.3 Å². The summed E-state index contributed by atoms with van der Waals surface area (Å²) in [4.78, 5) is 25.4. The monoisotopic (exact) mass is 400 g/mol. The number of para-hydroxylation sites is 2. The largest absolute Gasteiger partial charge is 0.492 e. The molecule has 1 aromatic heterocycles. The summed E-state index contributed by atoms with van der Waals surface area (Å²) < 4.78 is 5.52. The summed E-state index contributed by atoms with van der Waals surface area (Å²) in [6.45, 7) is 2.37. The van der Waals surface area contributed by atoms with Gasteiger partial charge in [-0.05, 0) is 48.7 Å². The van der Waals surface area contributed by atoms with Gasteiger partial charge in [0, 0.05) is 5.56 Å². The van der Waals surface area contributed by atoms with Gasteiger partial charge in [0.2, 0.25) is 0 Å². The molecular weight excluding hydrogens is 384 g/mol. The number of amides is 2. The minimum Gasteiger partial charge on any atom is -0.492 e. The van der Waals surface area contributed by atoms with E-state index in [0.29, 0.717) is 39.2 Å². The lowest BCUT2D eigenvalue weighted by Crippen LogP contribution is -2.15. The van der Waals surface area contributed by atoms with Gasteiger partial charge in [0.15, 0.2) is 0 Å². The number of benzene rings is 2. The molecule has 0 radical (unpaired) electrons. The van der Waals surface area contributed by atoms with Gasteiger partial charge in [-0.1, -0.05) is 29.8 Å². The molecule has 7 heteroatoms. The first-order valence-corrected chi connectivity index (χ1v) is 9.52. The van der Waals surface area contributed by atoms with Gasteiger partial charge >= 0.3 is 0 Å². The van der Waals surface area contributed by atoms with Gasteiger partial charge in [0.1, 0.15) is 5.75 Å². The average Bonchev–Trinajstić information content (AvgIpc) is 3.20. The molecule has 3 aromatic rings. The number of thiophene rings is 1. The van der Waals surface area contributed by atoms with Gasteiger partial charge in [0.05, 0.1) is 27.9 Å².